The number of unbranched alkanes of at least 4 members (excludes halogenated alkanes) is 1. The zero-order chi connectivity index (χ0) is 56.6. The Morgan fingerprint density at radius 1 is 0.899 bits per heavy atom. The van der Waals surface area contributed by atoms with Crippen molar-refractivity contribution < 1.29 is 77.3 Å². The molecule has 432 valence electrons. The van der Waals surface area contributed by atoms with Crippen LogP contribution < -0.4 is 16.0 Å². The molecule has 0 radical (unpaired) electrons. The second kappa shape index (κ2) is 18.7. The molecule has 22 nitrogen and oxygen atoms in total. The standard InChI is InChI=1S/C38H52O13.C17H25N6O3S.In/c1-14-21-24(35(10)36(11,45)31(44)51-38(35)28(14)50-38)25(43)22-20-18(42)12-37(32(5,6)7)13-19-26(49-19)30(48-17(4)41)34(37,9)23(20)27(46-15(2)39)29(33(21,22)8)47-16(3)40;24-8-4-3-7-23-10-12(21-22-23)9-18-15(25)6-2-1-5-14-16-13(11-27-14)19-17(26)20-16;/h12,14,18-30,42-43,45H,5,13H2,1-4,6-11H3;10,13-14,16H,1-7,9,11H2,(H,18,25)(H2,19,20,26);/t14-,18-,19-,20-,21-,22+,23+,24-,25+,26-,27-,28+,29-,30-,33+,34-,35-,36+,37-,38-;13-,14-,16-;/m00./s1. The average Bonchev–Trinajstić information content (AvgIpc) is 1.57. The van der Waals surface area contributed by atoms with Crippen molar-refractivity contribution in [3.8, 4) is 0 Å². The van der Waals surface area contributed by atoms with E-state index in [-0.39, 0.29) is 46.6 Å². The number of aliphatic hydroxyl groups is 3. The van der Waals surface area contributed by atoms with Crippen LogP contribution in [0.5, 0.6) is 0 Å². The van der Waals surface area contributed by atoms with Gasteiger partial charge in [-0.2, -0.15) is 11.8 Å². The van der Waals surface area contributed by atoms with Crippen molar-refractivity contribution in [3.63, 3.8) is 0 Å². The van der Waals surface area contributed by atoms with Crippen molar-refractivity contribution in [1.29, 1.82) is 0 Å². The first-order chi connectivity index (χ1) is 37.1. The molecule has 6 saturated heterocycles. The number of ether oxygens (including phenoxy) is 6. The summed E-state index contributed by atoms with van der Waals surface area (Å²) in [6.07, 6.45) is -2.16. The number of aromatic nitrogens is 3. The first-order valence-electron chi connectivity index (χ1n) is 28.7. The molecule has 6 aliphatic heterocycles. The van der Waals surface area contributed by atoms with Gasteiger partial charge in [-0.15, -0.1) is 0 Å². The van der Waals surface area contributed by atoms with Crippen molar-refractivity contribution in [2.45, 2.75) is 213 Å². The van der Waals surface area contributed by atoms with E-state index in [9.17, 15) is 44.1 Å². The maximum atomic E-state index is 15.4. The van der Waals surface area contributed by atoms with Crippen molar-refractivity contribution >= 4 is 72.6 Å². The molecule has 2 spiro atoms. The summed E-state index contributed by atoms with van der Waals surface area (Å²) in [6, 6.07) is 0.183. The van der Waals surface area contributed by atoms with E-state index in [0.29, 0.717) is 40.9 Å². The zero-order valence-corrected chi connectivity index (χ0v) is 50.8. The molecule has 12 rings (SSSR count). The minimum absolute atomic E-state index is 0.0907. The number of thioether (sulfide) groups is 1. The molecule has 1 aromatic heterocycles. The van der Waals surface area contributed by atoms with Crippen LogP contribution in [0.15, 0.2) is 6.20 Å². The number of fused-ring (bicyclic) bond motifs is 9. The Balaban J connectivity index is 0.840. The number of epoxide rings is 2. The Hall–Kier alpha value is -3.55. The number of aliphatic hydroxyl groups excluding tert-OH is 2. The van der Waals surface area contributed by atoms with Crippen LogP contribution in [0.4, 0.5) is 4.79 Å². The maximum absolute atomic E-state index is 15.4. The third kappa shape index (κ3) is 7.62. The molecular formula is C55H77InN6O16S. The fraction of sp³-hybridized carbons (Fsp3) is 0.836. The van der Waals surface area contributed by atoms with Crippen molar-refractivity contribution in [3.05, 3.63) is 11.9 Å². The van der Waals surface area contributed by atoms with Crippen LogP contribution in [0.25, 0.3) is 0 Å². The fourth-order valence-corrected chi connectivity index (χ4v) is 36.8. The molecule has 0 aromatic carbocycles. The topological polar surface area (TPSA) is 309 Å². The number of nitrogens with zero attached hydrogens (tertiary/aromatic N) is 3. The normalized spacial score (nSPS) is 48.4. The number of carbonyl (C=O) groups is 7. The Bertz CT molecular complexity index is 2770. The van der Waals surface area contributed by atoms with Gasteiger partial charge in [0.15, 0.2) is 0 Å². The summed E-state index contributed by atoms with van der Waals surface area (Å²) in [6.45, 7) is 17.6. The molecular weight excluding hydrogens is 1150 g/mol. The molecule has 24 atom stereocenters. The number of esters is 4. The van der Waals surface area contributed by atoms with E-state index in [1.165, 1.54) is 27.7 Å². The van der Waals surface area contributed by atoms with Gasteiger partial charge in [0.2, 0.25) is 0 Å². The number of hydrogen-bond donors (Lipinski definition) is 6. The molecule has 5 saturated carbocycles. The molecule has 0 bridgehead atoms. The number of nitrogens with one attached hydrogen (secondary N) is 3. The number of hydrogen-bond acceptors (Lipinski definition) is 19. The number of rotatable bonds is 15. The van der Waals surface area contributed by atoms with Gasteiger partial charge in [-0.1, -0.05) is 6.42 Å². The predicted molar refractivity (Wildman–Crippen MR) is 278 cm³/mol. The minimum atomic E-state index is -3.90. The molecule has 5 aliphatic carbocycles. The van der Waals surface area contributed by atoms with E-state index in [4.69, 9.17) is 28.4 Å². The number of aryl methyl sites for hydroxylation is 1. The van der Waals surface area contributed by atoms with E-state index in [1.54, 1.807) is 17.8 Å². The summed E-state index contributed by atoms with van der Waals surface area (Å²) < 4.78 is 40.2. The molecule has 3 amide bonds. The molecule has 24 heteroatoms. The third-order valence-corrected chi connectivity index (χ3v) is 37.1. The fourth-order valence-electron chi connectivity index (χ4n) is 20.1. The number of carbonyl (C=O) groups excluding carboxylic acids is 7. The molecule has 11 fully saturated rings. The van der Waals surface area contributed by atoms with Gasteiger partial charge in [0.1, 0.15) is 0 Å². The van der Waals surface area contributed by atoms with E-state index >= 15 is 4.79 Å². The number of urea groups is 1. The van der Waals surface area contributed by atoms with Crippen LogP contribution in [0.1, 0.15) is 120 Å². The van der Waals surface area contributed by atoms with Crippen LogP contribution in [0.2, 0.25) is 7.85 Å². The Kier molecular flexibility index (Phi) is 13.3. The van der Waals surface area contributed by atoms with E-state index in [0.717, 1.165) is 25.0 Å². The Morgan fingerprint density at radius 2 is 1.61 bits per heavy atom. The monoisotopic (exact) mass is 1220 g/mol. The van der Waals surface area contributed by atoms with E-state index < -0.39 is 166 Å². The van der Waals surface area contributed by atoms with Crippen molar-refractivity contribution in [2.75, 3.05) is 5.75 Å². The van der Waals surface area contributed by atoms with Gasteiger partial charge in [-0.25, -0.2) is 4.79 Å². The summed E-state index contributed by atoms with van der Waals surface area (Å²) >= 11 is -2.04. The molecule has 79 heavy (non-hydrogen) atoms. The van der Waals surface area contributed by atoms with Gasteiger partial charge < -0.3 is 10.6 Å². The second-order valence-electron chi connectivity index (χ2n) is 26.9. The van der Waals surface area contributed by atoms with Gasteiger partial charge in [-0.05, 0) is 6.42 Å². The first kappa shape index (κ1) is 56.0. The summed E-state index contributed by atoms with van der Waals surface area (Å²) in [5.41, 5.74) is -7.37. The summed E-state index contributed by atoms with van der Waals surface area (Å²) in [4.78, 5) is 94.8. The van der Waals surface area contributed by atoms with E-state index in [2.05, 4.69) is 40.1 Å². The van der Waals surface area contributed by atoms with Gasteiger partial charge in [-0.3, -0.25) is 0 Å². The van der Waals surface area contributed by atoms with E-state index in [1.807, 2.05) is 32.5 Å². The molecule has 7 heterocycles. The summed E-state index contributed by atoms with van der Waals surface area (Å²) in [7, 11) is 0. The van der Waals surface area contributed by atoms with Crippen LogP contribution in [-0.4, -0.2) is 174 Å². The molecule has 11 aliphatic rings. The Morgan fingerprint density at radius 3 is 2.32 bits per heavy atom. The van der Waals surface area contributed by atoms with Gasteiger partial charge in [0.25, 0.3) is 0 Å². The molecule has 0 unspecified atom stereocenters. The quantitative estimate of drug-likeness (QED) is 0.0483. The van der Waals surface area contributed by atoms with Gasteiger partial charge >= 0.3 is 411 Å². The van der Waals surface area contributed by atoms with Crippen molar-refractivity contribution in [1.82, 2.24) is 30.9 Å². The Labute approximate surface area is 471 Å². The molecule has 1 aromatic rings. The molecule has 6 N–H and O–H groups in total. The van der Waals surface area contributed by atoms with Crippen LogP contribution >= 0.6 is 11.8 Å². The van der Waals surface area contributed by atoms with Crippen LogP contribution in [-0.2, 0) is 70.3 Å². The SMILES string of the molecule is CC(=O)O[C@H]1[C@H]2[C@@H]([C@@H](O)[C@H]3[In]([C](=O)CCCn4cc(CNC(=O)CCCC[C@@H]5SC[C@@H]6NC(=O)N[C@@H]65)nn4)[CH2]C(C)(C)[C@@]34C[C@@H]3O[C@@H]3[C@H](OC(C)=O)[C@]24C)[C@@H]2[C@@H](O)[C@@H]3[C@H]([C@H](C)[C@H]4O[C@]45OC(=O)[C@@](C)(O)[C@]35C)[C@@]2(C)[C@H]1OC(C)=O. The first-order valence-corrected chi connectivity index (χ1v) is 35.6. The van der Waals surface area contributed by atoms with Crippen LogP contribution in [0.3, 0.4) is 0 Å². The van der Waals surface area contributed by atoms with Crippen molar-refractivity contribution in [2.24, 2.45) is 62.6 Å². The summed E-state index contributed by atoms with van der Waals surface area (Å²) in [5, 5.41) is 57.8. The van der Waals surface area contributed by atoms with Gasteiger partial charge in [0, 0.05) is 11.0 Å². The van der Waals surface area contributed by atoms with Crippen LogP contribution in [0, 0.1) is 62.6 Å². The second-order valence-corrected chi connectivity index (χ2v) is 36.7. The third-order valence-electron chi connectivity index (χ3n) is 23.0. The van der Waals surface area contributed by atoms with Gasteiger partial charge in [0.05, 0.1) is 12.1 Å². The zero-order valence-electron chi connectivity index (χ0n) is 46.7. The average molecular weight is 1230 g/mol. The predicted octanol–water partition coefficient (Wildman–Crippen LogP) is 2.28. The summed E-state index contributed by atoms with van der Waals surface area (Å²) in [5.74, 6) is -8.61. The number of amides is 3.